The van der Waals surface area contributed by atoms with Crippen LogP contribution in [0.25, 0.3) is 0 Å². The van der Waals surface area contributed by atoms with E-state index in [2.05, 4.69) is 23.8 Å². The summed E-state index contributed by atoms with van der Waals surface area (Å²) in [5.74, 6) is 1.08. The summed E-state index contributed by atoms with van der Waals surface area (Å²) in [6.45, 7) is 2.12. The number of aliphatic hydroxyl groups excluding tert-OH is 1. The van der Waals surface area contributed by atoms with Crippen LogP contribution in [0.1, 0.15) is 24.8 Å². The zero-order valence-corrected chi connectivity index (χ0v) is 7.34. The standard InChI is InChI=1S/C9H12OS/c1-6-8(4-9(6)10)7-2-3-11-5-7/h2-3,5-6,8-10H,4H2,1H3. The maximum Gasteiger partial charge on any atom is 0.0577 e. The summed E-state index contributed by atoms with van der Waals surface area (Å²) in [6.07, 6.45) is 0.901. The Morgan fingerprint density at radius 2 is 2.45 bits per heavy atom. The van der Waals surface area contributed by atoms with Crippen molar-refractivity contribution in [3.63, 3.8) is 0 Å². The summed E-state index contributed by atoms with van der Waals surface area (Å²) in [4.78, 5) is 0. The van der Waals surface area contributed by atoms with Crippen LogP contribution >= 0.6 is 11.3 Å². The van der Waals surface area contributed by atoms with E-state index >= 15 is 0 Å². The van der Waals surface area contributed by atoms with Crippen molar-refractivity contribution in [1.29, 1.82) is 0 Å². The van der Waals surface area contributed by atoms with Gasteiger partial charge >= 0.3 is 0 Å². The van der Waals surface area contributed by atoms with Crippen LogP contribution in [-0.4, -0.2) is 11.2 Å². The maximum absolute atomic E-state index is 9.29. The summed E-state index contributed by atoms with van der Waals surface area (Å²) in [7, 11) is 0. The summed E-state index contributed by atoms with van der Waals surface area (Å²) >= 11 is 1.74. The van der Waals surface area contributed by atoms with E-state index < -0.39 is 0 Å². The number of hydrogen-bond donors (Lipinski definition) is 1. The highest BCUT2D eigenvalue weighted by molar-refractivity contribution is 7.07. The molecule has 1 aromatic rings. The molecule has 0 aliphatic heterocycles. The molecule has 1 aliphatic carbocycles. The largest absolute Gasteiger partial charge is 0.393 e. The van der Waals surface area contributed by atoms with Gasteiger partial charge in [-0.25, -0.2) is 0 Å². The molecule has 0 bridgehead atoms. The maximum atomic E-state index is 9.29. The van der Waals surface area contributed by atoms with Gasteiger partial charge in [-0.2, -0.15) is 11.3 Å². The summed E-state index contributed by atoms with van der Waals surface area (Å²) in [5, 5.41) is 13.6. The van der Waals surface area contributed by atoms with Crippen molar-refractivity contribution in [2.24, 2.45) is 5.92 Å². The van der Waals surface area contributed by atoms with E-state index in [1.165, 1.54) is 5.56 Å². The topological polar surface area (TPSA) is 20.2 Å². The fourth-order valence-electron chi connectivity index (χ4n) is 1.69. The SMILES string of the molecule is CC1C(O)CC1c1ccsc1. The van der Waals surface area contributed by atoms with Gasteiger partial charge < -0.3 is 5.11 Å². The van der Waals surface area contributed by atoms with Crippen LogP contribution in [0.2, 0.25) is 0 Å². The quantitative estimate of drug-likeness (QED) is 0.681. The molecule has 1 N–H and O–H groups in total. The first-order chi connectivity index (χ1) is 5.29. The van der Waals surface area contributed by atoms with E-state index in [0.717, 1.165) is 6.42 Å². The Balaban J connectivity index is 2.10. The molecule has 3 unspecified atom stereocenters. The number of rotatable bonds is 1. The Bertz CT molecular complexity index is 230. The van der Waals surface area contributed by atoms with Crippen LogP contribution in [0.3, 0.4) is 0 Å². The molecule has 0 aromatic carbocycles. The molecule has 0 spiro atoms. The molecule has 11 heavy (non-hydrogen) atoms. The third kappa shape index (κ3) is 1.10. The first-order valence-corrected chi connectivity index (χ1v) is 4.93. The highest BCUT2D eigenvalue weighted by Gasteiger charge is 2.37. The van der Waals surface area contributed by atoms with E-state index in [9.17, 15) is 5.11 Å². The lowest BCUT2D eigenvalue weighted by molar-refractivity contribution is 0.0119. The normalized spacial score (nSPS) is 36.7. The second-order valence-electron chi connectivity index (χ2n) is 3.33. The smallest absolute Gasteiger partial charge is 0.0577 e. The van der Waals surface area contributed by atoms with Crippen LogP contribution < -0.4 is 0 Å². The molecule has 0 radical (unpaired) electrons. The Morgan fingerprint density at radius 1 is 1.64 bits per heavy atom. The second-order valence-corrected chi connectivity index (χ2v) is 4.11. The van der Waals surface area contributed by atoms with E-state index in [1.807, 2.05) is 0 Å². The van der Waals surface area contributed by atoms with Crippen molar-refractivity contribution in [2.75, 3.05) is 0 Å². The lowest BCUT2D eigenvalue weighted by Gasteiger charge is -2.39. The number of hydrogen-bond acceptors (Lipinski definition) is 2. The second kappa shape index (κ2) is 2.61. The minimum Gasteiger partial charge on any atom is -0.393 e. The summed E-state index contributed by atoms with van der Waals surface area (Å²) in [6, 6.07) is 2.16. The van der Waals surface area contributed by atoms with E-state index in [1.54, 1.807) is 11.3 Å². The molecule has 1 heterocycles. The molecule has 2 heteroatoms. The third-order valence-electron chi connectivity index (χ3n) is 2.71. The first-order valence-electron chi connectivity index (χ1n) is 3.99. The molecular formula is C9H12OS. The zero-order chi connectivity index (χ0) is 7.84. The van der Waals surface area contributed by atoms with Gasteiger partial charge in [0.25, 0.3) is 0 Å². The zero-order valence-electron chi connectivity index (χ0n) is 6.53. The highest BCUT2D eigenvalue weighted by atomic mass is 32.1. The van der Waals surface area contributed by atoms with Gasteiger partial charge in [-0.3, -0.25) is 0 Å². The van der Waals surface area contributed by atoms with Crippen molar-refractivity contribution >= 4 is 11.3 Å². The number of aliphatic hydroxyl groups is 1. The first kappa shape index (κ1) is 7.32. The molecule has 1 saturated carbocycles. The predicted octanol–water partition coefficient (Wildman–Crippen LogP) is 2.23. The van der Waals surface area contributed by atoms with E-state index in [-0.39, 0.29) is 6.10 Å². The van der Waals surface area contributed by atoms with Crippen molar-refractivity contribution in [3.8, 4) is 0 Å². The molecule has 1 fully saturated rings. The van der Waals surface area contributed by atoms with Gasteiger partial charge in [0, 0.05) is 0 Å². The van der Waals surface area contributed by atoms with E-state index in [4.69, 9.17) is 0 Å². The van der Waals surface area contributed by atoms with E-state index in [0.29, 0.717) is 11.8 Å². The average Bonchev–Trinajstić information content (AvgIpc) is 2.51. The molecular weight excluding hydrogens is 156 g/mol. The molecule has 0 saturated heterocycles. The minimum absolute atomic E-state index is 0.0556. The molecule has 1 aromatic heterocycles. The molecule has 60 valence electrons. The van der Waals surface area contributed by atoms with Crippen LogP contribution in [0.4, 0.5) is 0 Å². The summed E-state index contributed by atoms with van der Waals surface area (Å²) in [5.41, 5.74) is 1.41. The minimum atomic E-state index is -0.0556. The van der Waals surface area contributed by atoms with Crippen LogP contribution in [0.15, 0.2) is 16.8 Å². The van der Waals surface area contributed by atoms with Gasteiger partial charge in [-0.1, -0.05) is 6.92 Å². The molecule has 0 amide bonds. The third-order valence-corrected chi connectivity index (χ3v) is 3.41. The van der Waals surface area contributed by atoms with Crippen molar-refractivity contribution in [3.05, 3.63) is 22.4 Å². The fourth-order valence-corrected chi connectivity index (χ4v) is 2.41. The molecule has 2 rings (SSSR count). The predicted molar refractivity (Wildman–Crippen MR) is 46.8 cm³/mol. The Hall–Kier alpha value is -0.340. The number of thiophene rings is 1. The van der Waals surface area contributed by atoms with Gasteiger partial charge in [-0.15, -0.1) is 0 Å². The van der Waals surface area contributed by atoms with Gasteiger partial charge in [0.2, 0.25) is 0 Å². The molecule has 1 nitrogen and oxygen atoms in total. The molecule has 1 aliphatic rings. The fraction of sp³-hybridized carbons (Fsp3) is 0.556. The van der Waals surface area contributed by atoms with Gasteiger partial charge in [0.15, 0.2) is 0 Å². The molecule has 3 atom stereocenters. The van der Waals surface area contributed by atoms with Gasteiger partial charge in [0.05, 0.1) is 6.10 Å². The van der Waals surface area contributed by atoms with Gasteiger partial charge in [-0.05, 0) is 40.6 Å². The Kier molecular flexibility index (Phi) is 1.74. The lowest BCUT2D eigenvalue weighted by atomic mass is 9.69. The lowest BCUT2D eigenvalue weighted by Crippen LogP contribution is -2.37. The van der Waals surface area contributed by atoms with Crippen molar-refractivity contribution in [2.45, 2.75) is 25.4 Å². The van der Waals surface area contributed by atoms with Gasteiger partial charge in [0.1, 0.15) is 0 Å². The highest BCUT2D eigenvalue weighted by Crippen LogP contribution is 2.42. The van der Waals surface area contributed by atoms with Crippen molar-refractivity contribution < 1.29 is 5.11 Å². The van der Waals surface area contributed by atoms with Crippen molar-refractivity contribution in [1.82, 2.24) is 0 Å². The Morgan fingerprint density at radius 3 is 2.91 bits per heavy atom. The van der Waals surface area contributed by atoms with Crippen LogP contribution in [0, 0.1) is 5.92 Å². The van der Waals surface area contributed by atoms with Crippen LogP contribution in [-0.2, 0) is 0 Å². The Labute approximate surface area is 70.7 Å². The monoisotopic (exact) mass is 168 g/mol. The summed E-state index contributed by atoms with van der Waals surface area (Å²) < 4.78 is 0. The van der Waals surface area contributed by atoms with Crippen LogP contribution in [0.5, 0.6) is 0 Å². The average molecular weight is 168 g/mol.